The van der Waals surface area contributed by atoms with Gasteiger partial charge in [0.2, 0.25) is 0 Å². The summed E-state index contributed by atoms with van der Waals surface area (Å²) in [5.74, 6) is 0.836. The van der Waals surface area contributed by atoms with Crippen LogP contribution >= 0.6 is 0 Å². The quantitative estimate of drug-likeness (QED) is 0.798. The molecule has 21 heavy (non-hydrogen) atoms. The summed E-state index contributed by atoms with van der Waals surface area (Å²) in [6, 6.07) is 11.9. The normalized spacial score (nSPS) is 10.0. The summed E-state index contributed by atoms with van der Waals surface area (Å²) in [5.41, 5.74) is 3.11. The van der Waals surface area contributed by atoms with Gasteiger partial charge in [-0.1, -0.05) is 26.0 Å². The van der Waals surface area contributed by atoms with E-state index in [9.17, 15) is 0 Å². The third-order valence-corrected chi connectivity index (χ3v) is 2.77. The highest BCUT2D eigenvalue weighted by Crippen LogP contribution is 2.22. The lowest BCUT2D eigenvalue weighted by atomic mass is 10.1. The molecule has 114 valence electrons. The minimum Gasteiger partial charge on any atom is -0.497 e. The van der Waals surface area contributed by atoms with Crippen molar-refractivity contribution >= 4 is 0 Å². The highest BCUT2D eigenvalue weighted by molar-refractivity contribution is 5.61. The highest BCUT2D eigenvalue weighted by Gasteiger charge is 2.03. The molecule has 0 unspecified atom stereocenters. The first-order valence-corrected chi connectivity index (χ1v) is 7.40. The van der Waals surface area contributed by atoms with Crippen LogP contribution in [-0.4, -0.2) is 18.2 Å². The molecule has 0 bridgehead atoms. The zero-order valence-corrected chi connectivity index (χ0v) is 13.6. The van der Waals surface area contributed by atoms with Crippen LogP contribution in [0.3, 0.4) is 0 Å². The zero-order valence-electron chi connectivity index (χ0n) is 13.6. The molecule has 0 fully saturated rings. The zero-order chi connectivity index (χ0) is 15.7. The van der Waals surface area contributed by atoms with Crippen LogP contribution in [0.15, 0.2) is 42.6 Å². The Kier molecular flexibility index (Phi) is 7.48. The molecule has 0 aliphatic carbocycles. The van der Waals surface area contributed by atoms with Crippen LogP contribution in [0.25, 0.3) is 11.3 Å². The summed E-state index contributed by atoms with van der Waals surface area (Å²) in [6.07, 6.45) is 2.04. The number of hydrogen-bond acceptors (Lipinski definition) is 3. The van der Waals surface area contributed by atoms with E-state index < -0.39 is 0 Å². The Morgan fingerprint density at radius 3 is 2.52 bits per heavy atom. The lowest BCUT2D eigenvalue weighted by Crippen LogP contribution is -2.02. The predicted molar refractivity (Wildman–Crippen MR) is 87.5 cm³/mol. The molecule has 1 aromatic heterocycles. The number of nitrogens with zero attached hydrogens (tertiary/aromatic N) is 1. The first kappa shape index (κ1) is 17.2. The molecule has 1 heterocycles. The smallest absolute Gasteiger partial charge is 0.119 e. The number of hydrogen-bond donors (Lipinski definition) is 0. The third kappa shape index (κ3) is 5.56. The Balaban J connectivity index is 0.00000106. The lowest BCUT2D eigenvalue weighted by Gasteiger charge is -2.09. The molecule has 0 spiro atoms. The number of benzene rings is 1. The van der Waals surface area contributed by atoms with E-state index in [0.717, 1.165) is 22.6 Å². The summed E-state index contributed by atoms with van der Waals surface area (Å²) >= 11 is 0. The van der Waals surface area contributed by atoms with Gasteiger partial charge in [-0.3, -0.25) is 4.98 Å². The van der Waals surface area contributed by atoms with Crippen molar-refractivity contribution in [2.45, 2.75) is 40.4 Å². The van der Waals surface area contributed by atoms with Gasteiger partial charge in [0.1, 0.15) is 5.75 Å². The fourth-order valence-corrected chi connectivity index (χ4v) is 1.77. The molecule has 3 nitrogen and oxygen atoms in total. The largest absolute Gasteiger partial charge is 0.497 e. The summed E-state index contributed by atoms with van der Waals surface area (Å²) in [7, 11) is 1.67. The second-order valence-electron chi connectivity index (χ2n) is 4.64. The summed E-state index contributed by atoms with van der Waals surface area (Å²) in [6.45, 7) is 8.67. The minimum absolute atomic E-state index is 0.230. The molecule has 3 heteroatoms. The molecule has 0 N–H and O–H groups in total. The summed E-state index contributed by atoms with van der Waals surface area (Å²) in [4.78, 5) is 4.40. The van der Waals surface area contributed by atoms with Crippen LogP contribution in [0, 0.1) is 0 Å². The van der Waals surface area contributed by atoms with E-state index in [2.05, 4.69) is 11.1 Å². The van der Waals surface area contributed by atoms with Crippen molar-refractivity contribution in [1.82, 2.24) is 4.98 Å². The molecule has 0 amide bonds. The number of aromatic nitrogens is 1. The van der Waals surface area contributed by atoms with Crippen LogP contribution in [0.4, 0.5) is 0 Å². The van der Waals surface area contributed by atoms with Crippen molar-refractivity contribution in [3.63, 3.8) is 0 Å². The van der Waals surface area contributed by atoms with Gasteiger partial charge in [0.15, 0.2) is 0 Å². The topological polar surface area (TPSA) is 31.4 Å². The maximum atomic E-state index is 5.61. The Bertz CT molecular complexity index is 538. The fourth-order valence-electron chi connectivity index (χ4n) is 1.77. The fraction of sp³-hybridized carbons (Fsp3) is 0.389. The van der Waals surface area contributed by atoms with E-state index >= 15 is 0 Å². The summed E-state index contributed by atoms with van der Waals surface area (Å²) < 4.78 is 10.8. The van der Waals surface area contributed by atoms with Crippen molar-refractivity contribution in [1.29, 1.82) is 0 Å². The molecule has 0 radical (unpaired) electrons. The van der Waals surface area contributed by atoms with Crippen LogP contribution in [-0.2, 0) is 11.3 Å². The van der Waals surface area contributed by atoms with E-state index in [-0.39, 0.29) is 6.10 Å². The second-order valence-corrected chi connectivity index (χ2v) is 4.64. The van der Waals surface area contributed by atoms with Gasteiger partial charge in [0.25, 0.3) is 0 Å². The third-order valence-electron chi connectivity index (χ3n) is 2.77. The molecule has 0 aliphatic heterocycles. The van der Waals surface area contributed by atoms with Crippen LogP contribution in [0.5, 0.6) is 5.75 Å². The van der Waals surface area contributed by atoms with Crippen molar-refractivity contribution in [3.8, 4) is 17.0 Å². The van der Waals surface area contributed by atoms with Gasteiger partial charge in [0.05, 0.1) is 25.5 Å². The lowest BCUT2D eigenvalue weighted by molar-refractivity contribution is 0.0657. The molecule has 0 aliphatic rings. The Labute approximate surface area is 127 Å². The van der Waals surface area contributed by atoms with Gasteiger partial charge < -0.3 is 9.47 Å². The first-order valence-electron chi connectivity index (χ1n) is 7.40. The molecule has 2 rings (SSSR count). The molecule has 0 saturated heterocycles. The number of methoxy groups -OCH3 is 1. The SMILES string of the molecule is CC.COc1cccc(-c2cc(COC(C)C)ccn2)c1. The minimum atomic E-state index is 0.230. The Morgan fingerprint density at radius 2 is 1.86 bits per heavy atom. The maximum absolute atomic E-state index is 5.61. The van der Waals surface area contributed by atoms with E-state index in [1.165, 1.54) is 0 Å². The van der Waals surface area contributed by atoms with E-state index in [1.54, 1.807) is 7.11 Å². The van der Waals surface area contributed by atoms with Crippen molar-refractivity contribution in [2.24, 2.45) is 0 Å². The highest BCUT2D eigenvalue weighted by atomic mass is 16.5. The predicted octanol–water partition coefficient (Wildman–Crippen LogP) is 4.71. The maximum Gasteiger partial charge on any atom is 0.119 e. The number of ether oxygens (including phenoxy) is 2. The van der Waals surface area contributed by atoms with Crippen LogP contribution < -0.4 is 4.74 Å². The van der Waals surface area contributed by atoms with Gasteiger partial charge in [-0.15, -0.1) is 0 Å². The van der Waals surface area contributed by atoms with Gasteiger partial charge >= 0.3 is 0 Å². The Morgan fingerprint density at radius 1 is 1.10 bits per heavy atom. The summed E-state index contributed by atoms with van der Waals surface area (Å²) in [5, 5.41) is 0. The molecule has 0 saturated carbocycles. The molecule has 0 atom stereocenters. The van der Waals surface area contributed by atoms with Crippen molar-refractivity contribution in [2.75, 3.05) is 7.11 Å². The van der Waals surface area contributed by atoms with E-state index in [4.69, 9.17) is 9.47 Å². The average molecular weight is 287 g/mol. The molecular formula is C18H25NO2. The monoisotopic (exact) mass is 287 g/mol. The second kappa shape index (κ2) is 9.14. The number of rotatable bonds is 5. The van der Waals surface area contributed by atoms with Crippen LogP contribution in [0.2, 0.25) is 0 Å². The number of pyridine rings is 1. The van der Waals surface area contributed by atoms with Gasteiger partial charge in [-0.2, -0.15) is 0 Å². The van der Waals surface area contributed by atoms with Gasteiger partial charge in [0, 0.05) is 11.8 Å². The average Bonchev–Trinajstić information content (AvgIpc) is 2.55. The molecule has 2 aromatic rings. The molecule has 1 aromatic carbocycles. The molecular weight excluding hydrogens is 262 g/mol. The van der Waals surface area contributed by atoms with E-state index in [1.807, 2.05) is 64.2 Å². The van der Waals surface area contributed by atoms with Gasteiger partial charge in [-0.25, -0.2) is 0 Å². The standard InChI is InChI=1S/C16H19NO2.C2H6/c1-12(2)19-11-13-7-8-17-16(9-13)14-5-4-6-15(10-14)18-3;1-2/h4-10,12H,11H2,1-3H3;1-2H3. The van der Waals surface area contributed by atoms with Gasteiger partial charge in [-0.05, 0) is 43.7 Å². The van der Waals surface area contributed by atoms with Crippen LogP contribution in [0.1, 0.15) is 33.3 Å². The van der Waals surface area contributed by atoms with Crippen molar-refractivity contribution < 1.29 is 9.47 Å². The van der Waals surface area contributed by atoms with Crippen molar-refractivity contribution in [3.05, 3.63) is 48.2 Å². The van der Waals surface area contributed by atoms with E-state index in [0.29, 0.717) is 6.61 Å². The Hall–Kier alpha value is -1.87. The first-order chi connectivity index (χ1) is 10.2.